The predicted octanol–water partition coefficient (Wildman–Crippen LogP) is 4.54. The number of Topliss-reactive ketones (excluding diaryl/α,β-unsaturated/α-hetero) is 1. The lowest BCUT2D eigenvalue weighted by atomic mass is 10.00. The average molecular weight is 396 g/mol. The molecule has 1 aromatic heterocycles. The summed E-state index contributed by atoms with van der Waals surface area (Å²) in [6.07, 6.45) is 4.29. The number of carbonyl (C=O) groups is 2. The zero-order valence-corrected chi connectivity index (χ0v) is 16.9. The molecule has 28 heavy (non-hydrogen) atoms. The summed E-state index contributed by atoms with van der Waals surface area (Å²) in [5.41, 5.74) is 4.11. The highest BCUT2D eigenvalue weighted by molar-refractivity contribution is 6.34. The molecular weight excluding hydrogens is 374 g/mol. The number of aromatic nitrogens is 2. The minimum Gasteiger partial charge on any atom is -0.314 e. The SMILES string of the molecule is CCC(=O)N(C)c1ccc(-c2ccc(C(=O)Cc3cnn(C)c3)cc2)cc1Cl. The van der Waals surface area contributed by atoms with Crippen molar-refractivity contribution in [3.63, 3.8) is 0 Å². The highest BCUT2D eigenvalue weighted by atomic mass is 35.5. The van der Waals surface area contributed by atoms with Crippen molar-refractivity contribution in [2.75, 3.05) is 11.9 Å². The van der Waals surface area contributed by atoms with Crippen molar-refractivity contribution >= 4 is 29.0 Å². The van der Waals surface area contributed by atoms with Crippen LogP contribution in [0.4, 0.5) is 5.69 Å². The Balaban J connectivity index is 1.77. The Morgan fingerprint density at radius 1 is 1.11 bits per heavy atom. The van der Waals surface area contributed by atoms with Gasteiger partial charge in [0.05, 0.1) is 16.9 Å². The summed E-state index contributed by atoms with van der Waals surface area (Å²) in [6.45, 7) is 1.82. The second-order valence-corrected chi connectivity index (χ2v) is 7.08. The summed E-state index contributed by atoms with van der Waals surface area (Å²) in [4.78, 5) is 25.9. The molecule has 0 atom stereocenters. The molecule has 0 unspecified atom stereocenters. The molecule has 6 heteroatoms. The molecule has 144 valence electrons. The van der Waals surface area contributed by atoms with Crippen molar-refractivity contribution in [2.24, 2.45) is 7.05 Å². The van der Waals surface area contributed by atoms with E-state index in [4.69, 9.17) is 11.6 Å². The standard InChI is InChI=1S/C22H22ClN3O2/c1-4-22(28)26(3)20-10-9-18(12-19(20)23)16-5-7-17(8-6-16)21(27)11-15-13-24-25(2)14-15/h5-10,12-14H,4,11H2,1-3H3. The van der Waals surface area contributed by atoms with Crippen LogP contribution in [-0.2, 0) is 18.3 Å². The van der Waals surface area contributed by atoms with E-state index in [1.807, 2.05) is 62.6 Å². The van der Waals surface area contributed by atoms with E-state index < -0.39 is 0 Å². The van der Waals surface area contributed by atoms with Crippen molar-refractivity contribution in [3.05, 3.63) is 71.0 Å². The van der Waals surface area contributed by atoms with Gasteiger partial charge in [-0.05, 0) is 28.8 Å². The second kappa shape index (κ2) is 8.40. The molecule has 1 heterocycles. The van der Waals surface area contributed by atoms with E-state index in [2.05, 4.69) is 5.10 Å². The Kier molecular flexibility index (Phi) is 5.95. The maximum atomic E-state index is 12.4. The van der Waals surface area contributed by atoms with Gasteiger partial charge in [-0.15, -0.1) is 0 Å². The minimum absolute atomic E-state index is 0.00568. The van der Waals surface area contributed by atoms with Gasteiger partial charge in [-0.2, -0.15) is 5.10 Å². The number of anilines is 1. The van der Waals surface area contributed by atoms with Crippen LogP contribution in [0.25, 0.3) is 11.1 Å². The molecule has 1 amide bonds. The van der Waals surface area contributed by atoms with Gasteiger partial charge >= 0.3 is 0 Å². The molecule has 0 aliphatic rings. The Hall–Kier alpha value is -2.92. The number of halogens is 1. The molecule has 0 saturated heterocycles. The highest BCUT2D eigenvalue weighted by Gasteiger charge is 2.13. The van der Waals surface area contributed by atoms with E-state index in [9.17, 15) is 9.59 Å². The van der Waals surface area contributed by atoms with E-state index >= 15 is 0 Å². The van der Waals surface area contributed by atoms with Gasteiger partial charge in [0.1, 0.15) is 0 Å². The van der Waals surface area contributed by atoms with Crippen LogP contribution in [0.2, 0.25) is 5.02 Å². The quantitative estimate of drug-likeness (QED) is 0.576. The summed E-state index contributed by atoms with van der Waals surface area (Å²) < 4.78 is 1.69. The highest BCUT2D eigenvalue weighted by Crippen LogP contribution is 2.31. The second-order valence-electron chi connectivity index (χ2n) is 6.67. The molecule has 0 spiro atoms. The van der Waals surface area contributed by atoms with Crippen LogP contribution in [0.3, 0.4) is 0 Å². The Morgan fingerprint density at radius 3 is 2.36 bits per heavy atom. The zero-order valence-electron chi connectivity index (χ0n) is 16.1. The number of aryl methyl sites for hydroxylation is 1. The monoisotopic (exact) mass is 395 g/mol. The number of hydrogen-bond acceptors (Lipinski definition) is 3. The maximum absolute atomic E-state index is 12.4. The third-order valence-corrected chi connectivity index (χ3v) is 4.95. The van der Waals surface area contributed by atoms with Gasteiger partial charge in [0.15, 0.2) is 5.78 Å². The number of amides is 1. The fourth-order valence-electron chi connectivity index (χ4n) is 3.03. The number of rotatable bonds is 6. The molecular formula is C22H22ClN3O2. The smallest absolute Gasteiger partial charge is 0.226 e. The molecule has 0 aliphatic heterocycles. The third kappa shape index (κ3) is 4.31. The summed E-state index contributed by atoms with van der Waals surface area (Å²) in [7, 11) is 3.55. The van der Waals surface area contributed by atoms with Gasteiger partial charge in [0, 0.05) is 38.7 Å². The molecule has 3 aromatic rings. The van der Waals surface area contributed by atoms with E-state index in [1.54, 1.807) is 22.8 Å². The molecule has 5 nitrogen and oxygen atoms in total. The van der Waals surface area contributed by atoms with E-state index in [0.717, 1.165) is 16.7 Å². The van der Waals surface area contributed by atoms with Crippen LogP contribution in [0.15, 0.2) is 54.9 Å². The first-order valence-electron chi connectivity index (χ1n) is 9.06. The molecule has 0 fully saturated rings. The number of carbonyl (C=O) groups excluding carboxylic acids is 2. The summed E-state index contributed by atoms with van der Waals surface area (Å²) in [5.74, 6) is 0.0544. The Bertz CT molecular complexity index is 1010. The summed E-state index contributed by atoms with van der Waals surface area (Å²) >= 11 is 6.39. The van der Waals surface area contributed by atoms with Crippen LogP contribution >= 0.6 is 11.6 Å². The normalized spacial score (nSPS) is 10.7. The summed E-state index contributed by atoms with van der Waals surface area (Å²) in [6, 6.07) is 13.1. The van der Waals surface area contributed by atoms with Crippen molar-refractivity contribution in [1.82, 2.24) is 9.78 Å². The van der Waals surface area contributed by atoms with Gasteiger partial charge < -0.3 is 4.90 Å². The number of hydrogen-bond donors (Lipinski definition) is 0. The van der Waals surface area contributed by atoms with Crippen LogP contribution in [-0.4, -0.2) is 28.5 Å². The molecule has 0 radical (unpaired) electrons. The third-order valence-electron chi connectivity index (χ3n) is 4.65. The van der Waals surface area contributed by atoms with Crippen molar-refractivity contribution in [1.29, 1.82) is 0 Å². The lowest BCUT2D eigenvalue weighted by molar-refractivity contribution is -0.118. The lowest BCUT2D eigenvalue weighted by Gasteiger charge is -2.18. The van der Waals surface area contributed by atoms with Crippen molar-refractivity contribution in [2.45, 2.75) is 19.8 Å². The minimum atomic E-state index is 0.00568. The van der Waals surface area contributed by atoms with Crippen LogP contribution in [0.5, 0.6) is 0 Å². The van der Waals surface area contributed by atoms with Crippen molar-refractivity contribution < 1.29 is 9.59 Å². The fraction of sp³-hybridized carbons (Fsp3) is 0.227. The maximum Gasteiger partial charge on any atom is 0.226 e. The van der Waals surface area contributed by atoms with E-state index in [-0.39, 0.29) is 11.7 Å². The van der Waals surface area contributed by atoms with Gasteiger partial charge in [0.25, 0.3) is 0 Å². The number of nitrogens with zero attached hydrogens (tertiary/aromatic N) is 3. The van der Waals surface area contributed by atoms with Crippen LogP contribution in [0, 0.1) is 0 Å². The van der Waals surface area contributed by atoms with Gasteiger partial charge in [-0.1, -0.05) is 48.9 Å². The first-order valence-corrected chi connectivity index (χ1v) is 9.44. The van der Waals surface area contributed by atoms with E-state index in [1.165, 1.54) is 0 Å². The molecule has 0 aliphatic carbocycles. The number of ketones is 1. The predicted molar refractivity (Wildman–Crippen MR) is 112 cm³/mol. The zero-order chi connectivity index (χ0) is 20.3. The van der Waals surface area contributed by atoms with Crippen molar-refractivity contribution in [3.8, 4) is 11.1 Å². The first-order chi connectivity index (χ1) is 13.4. The van der Waals surface area contributed by atoms with Gasteiger partial charge in [-0.25, -0.2) is 0 Å². The molecule has 0 bridgehead atoms. The van der Waals surface area contributed by atoms with Crippen LogP contribution < -0.4 is 4.90 Å². The topological polar surface area (TPSA) is 55.2 Å². The average Bonchev–Trinajstić information content (AvgIpc) is 3.11. The largest absolute Gasteiger partial charge is 0.314 e. The Labute approximate surface area is 169 Å². The number of benzene rings is 2. The van der Waals surface area contributed by atoms with Gasteiger partial charge in [-0.3, -0.25) is 14.3 Å². The summed E-state index contributed by atoms with van der Waals surface area (Å²) in [5, 5.41) is 4.60. The Morgan fingerprint density at radius 2 is 1.79 bits per heavy atom. The lowest BCUT2D eigenvalue weighted by Crippen LogP contribution is -2.25. The molecule has 3 rings (SSSR count). The molecule has 0 N–H and O–H groups in total. The fourth-order valence-corrected chi connectivity index (χ4v) is 3.34. The van der Waals surface area contributed by atoms with Gasteiger partial charge in [0.2, 0.25) is 5.91 Å². The van der Waals surface area contributed by atoms with Crippen LogP contribution in [0.1, 0.15) is 29.3 Å². The molecule has 2 aromatic carbocycles. The van der Waals surface area contributed by atoms with E-state index in [0.29, 0.717) is 29.1 Å². The molecule has 0 saturated carbocycles. The first kappa shape index (κ1) is 19.8.